The van der Waals surface area contributed by atoms with Crippen molar-refractivity contribution in [1.82, 2.24) is 4.81 Å². The molecule has 8 heteroatoms. The van der Waals surface area contributed by atoms with Gasteiger partial charge in [0.05, 0.1) is 18.2 Å². The SMILES string of the molecule is COc1cc(N2CCN([B]C=O)CC2)ccc1[N+](=O)[O-]. The Morgan fingerprint density at radius 3 is 2.60 bits per heavy atom. The Balaban J connectivity index is 2.10. The first-order valence-electron chi connectivity index (χ1n) is 6.25. The Morgan fingerprint density at radius 1 is 1.35 bits per heavy atom. The van der Waals surface area contributed by atoms with Crippen LogP contribution in [0.3, 0.4) is 0 Å². The Hall–Kier alpha value is -2.09. The number of nitro groups is 1. The molecule has 0 unspecified atom stereocenters. The van der Waals surface area contributed by atoms with Crippen LogP contribution in [0.2, 0.25) is 0 Å². The Bertz CT molecular complexity index is 503. The molecule has 0 aromatic heterocycles. The lowest BCUT2D eigenvalue weighted by Crippen LogP contribution is -2.48. The van der Waals surface area contributed by atoms with Crippen molar-refractivity contribution < 1.29 is 14.5 Å². The second-order valence-electron chi connectivity index (χ2n) is 4.42. The summed E-state index contributed by atoms with van der Waals surface area (Å²) in [7, 11) is 2.96. The van der Waals surface area contributed by atoms with Gasteiger partial charge < -0.3 is 19.2 Å². The molecule has 1 fully saturated rings. The lowest BCUT2D eigenvalue weighted by Gasteiger charge is -2.35. The zero-order valence-electron chi connectivity index (χ0n) is 11.2. The van der Waals surface area contributed by atoms with E-state index in [4.69, 9.17) is 4.74 Å². The zero-order chi connectivity index (χ0) is 14.5. The molecule has 1 heterocycles. The average Bonchev–Trinajstić information content (AvgIpc) is 2.47. The van der Waals surface area contributed by atoms with E-state index < -0.39 is 4.92 Å². The molecule has 0 bridgehead atoms. The van der Waals surface area contributed by atoms with Gasteiger partial charge in [0.1, 0.15) is 0 Å². The van der Waals surface area contributed by atoms with Crippen LogP contribution in [0, 0.1) is 10.1 Å². The molecule has 0 N–H and O–H groups in total. The molecule has 1 aromatic carbocycles. The first kappa shape index (κ1) is 14.3. The van der Waals surface area contributed by atoms with Gasteiger partial charge in [-0.25, -0.2) is 0 Å². The van der Waals surface area contributed by atoms with Gasteiger partial charge in [0.25, 0.3) is 7.41 Å². The van der Waals surface area contributed by atoms with E-state index in [1.54, 1.807) is 12.1 Å². The molecule has 0 spiro atoms. The number of rotatable bonds is 5. The van der Waals surface area contributed by atoms with Crippen molar-refractivity contribution in [2.75, 3.05) is 38.2 Å². The summed E-state index contributed by atoms with van der Waals surface area (Å²) < 4.78 is 5.07. The minimum atomic E-state index is -0.459. The fourth-order valence-corrected chi connectivity index (χ4v) is 2.23. The van der Waals surface area contributed by atoms with Crippen LogP contribution in [0.15, 0.2) is 18.2 Å². The van der Waals surface area contributed by atoms with Crippen LogP contribution in [-0.4, -0.2) is 56.6 Å². The Kier molecular flexibility index (Phi) is 4.57. The Labute approximate surface area is 117 Å². The molecule has 1 aliphatic rings. The second-order valence-corrected chi connectivity index (χ2v) is 4.42. The zero-order valence-corrected chi connectivity index (χ0v) is 11.2. The molecule has 1 aromatic rings. The molecule has 7 nitrogen and oxygen atoms in total. The molecular weight excluding hydrogens is 261 g/mol. The summed E-state index contributed by atoms with van der Waals surface area (Å²) in [5, 5.41) is 10.9. The van der Waals surface area contributed by atoms with Gasteiger partial charge in [-0.05, 0) is 6.07 Å². The summed E-state index contributed by atoms with van der Waals surface area (Å²) in [6.45, 7) is 3.01. The third-order valence-corrected chi connectivity index (χ3v) is 3.31. The number of nitro benzene ring substituents is 1. The van der Waals surface area contributed by atoms with E-state index in [1.807, 2.05) is 4.81 Å². The van der Waals surface area contributed by atoms with E-state index in [-0.39, 0.29) is 11.4 Å². The Morgan fingerprint density at radius 2 is 2.05 bits per heavy atom. The van der Waals surface area contributed by atoms with Crippen LogP contribution in [-0.2, 0) is 4.79 Å². The number of carbonyl (C=O) groups excluding carboxylic acids is 1. The highest BCUT2D eigenvalue weighted by atomic mass is 16.6. The highest BCUT2D eigenvalue weighted by Crippen LogP contribution is 2.31. The predicted molar refractivity (Wildman–Crippen MR) is 75.9 cm³/mol. The number of ether oxygens (including phenoxy) is 1. The van der Waals surface area contributed by atoms with Crippen molar-refractivity contribution in [3.05, 3.63) is 28.3 Å². The summed E-state index contributed by atoms with van der Waals surface area (Å²) in [6, 6.07) is 4.86. The second kappa shape index (κ2) is 6.38. The van der Waals surface area contributed by atoms with Crippen LogP contribution in [0.5, 0.6) is 5.75 Å². The molecule has 1 saturated heterocycles. The lowest BCUT2D eigenvalue weighted by atomic mass is 9.93. The fraction of sp³-hybridized carbons (Fsp3) is 0.417. The van der Waals surface area contributed by atoms with E-state index in [0.717, 1.165) is 38.1 Å². The van der Waals surface area contributed by atoms with Gasteiger partial charge in [-0.1, -0.05) is 0 Å². The molecule has 0 amide bonds. The van der Waals surface area contributed by atoms with Crippen molar-refractivity contribution in [3.8, 4) is 5.75 Å². The lowest BCUT2D eigenvalue weighted by molar-refractivity contribution is -0.385. The molecule has 20 heavy (non-hydrogen) atoms. The highest BCUT2D eigenvalue weighted by molar-refractivity contribution is 6.64. The molecule has 105 valence electrons. The van der Waals surface area contributed by atoms with Gasteiger partial charge in [-0.15, -0.1) is 0 Å². The molecule has 1 radical (unpaired) electrons. The minimum absolute atomic E-state index is 0.0378. The van der Waals surface area contributed by atoms with Crippen LogP contribution in [0.4, 0.5) is 11.4 Å². The van der Waals surface area contributed by atoms with E-state index in [0.29, 0.717) is 0 Å². The number of nitrogens with zero attached hydrogens (tertiary/aromatic N) is 3. The smallest absolute Gasteiger partial charge is 0.311 e. The van der Waals surface area contributed by atoms with Gasteiger partial charge in [-0.3, -0.25) is 10.1 Å². The molecule has 0 aliphatic carbocycles. The first-order chi connectivity index (χ1) is 9.65. The maximum absolute atomic E-state index is 10.9. The normalized spacial score (nSPS) is 15.8. The number of anilines is 1. The van der Waals surface area contributed by atoms with Gasteiger partial charge in [0.2, 0.25) is 0 Å². The van der Waals surface area contributed by atoms with Crippen molar-refractivity contribution in [2.45, 2.75) is 0 Å². The molecule has 0 atom stereocenters. The van der Waals surface area contributed by atoms with Gasteiger partial charge >= 0.3 is 5.69 Å². The fourth-order valence-electron chi connectivity index (χ4n) is 2.23. The quantitative estimate of drug-likeness (QED) is 0.338. The van der Waals surface area contributed by atoms with Crippen molar-refractivity contribution in [3.63, 3.8) is 0 Å². The van der Waals surface area contributed by atoms with Crippen LogP contribution >= 0.6 is 0 Å². The van der Waals surface area contributed by atoms with E-state index in [1.165, 1.54) is 20.6 Å². The number of hydrogen-bond acceptors (Lipinski definition) is 6. The number of methoxy groups -OCH3 is 1. The number of benzene rings is 1. The summed E-state index contributed by atoms with van der Waals surface area (Å²) in [4.78, 5) is 24.9. The molecule has 0 saturated carbocycles. The summed E-state index contributed by atoms with van der Waals surface area (Å²) in [6.07, 6.45) is 0.782. The monoisotopic (exact) mass is 276 g/mol. The highest BCUT2D eigenvalue weighted by Gasteiger charge is 2.20. The largest absolute Gasteiger partial charge is 0.490 e. The molecular formula is C12H15BN3O4. The third kappa shape index (κ3) is 3.08. The first-order valence-corrected chi connectivity index (χ1v) is 6.25. The van der Waals surface area contributed by atoms with E-state index in [9.17, 15) is 14.9 Å². The molecule has 2 rings (SSSR count). The summed E-state index contributed by atoms with van der Waals surface area (Å²) in [5.41, 5.74) is 0.849. The average molecular weight is 276 g/mol. The van der Waals surface area contributed by atoms with Crippen LogP contribution in [0.25, 0.3) is 0 Å². The number of piperazine rings is 1. The number of hydrogen-bond donors (Lipinski definition) is 0. The number of carbonyl (C=O) groups is 1. The van der Waals surface area contributed by atoms with Crippen molar-refractivity contribution in [1.29, 1.82) is 0 Å². The standard InChI is InChI=1S/C12H15BN3O4/c1-20-12-8-10(2-3-11(12)16(18)19)14-4-6-15(7-5-14)13-9-17/h2-3,8-9H,4-7H2,1H3. The van der Waals surface area contributed by atoms with Gasteiger partial charge in [0.15, 0.2) is 5.75 Å². The van der Waals surface area contributed by atoms with Gasteiger partial charge in [-0.2, -0.15) is 0 Å². The van der Waals surface area contributed by atoms with Crippen LogP contribution in [0.1, 0.15) is 0 Å². The third-order valence-electron chi connectivity index (χ3n) is 3.31. The minimum Gasteiger partial charge on any atom is -0.490 e. The van der Waals surface area contributed by atoms with Crippen molar-refractivity contribution in [2.24, 2.45) is 0 Å². The predicted octanol–water partition coefficient (Wildman–Crippen LogP) is 0.535. The topological polar surface area (TPSA) is 75.9 Å². The van der Waals surface area contributed by atoms with Crippen LogP contribution < -0.4 is 9.64 Å². The van der Waals surface area contributed by atoms with E-state index >= 15 is 0 Å². The van der Waals surface area contributed by atoms with Gasteiger partial charge in [0, 0.05) is 44.0 Å². The maximum atomic E-state index is 10.9. The van der Waals surface area contributed by atoms with Crippen molar-refractivity contribution >= 4 is 25.0 Å². The van der Waals surface area contributed by atoms with E-state index in [2.05, 4.69) is 4.90 Å². The summed E-state index contributed by atoms with van der Waals surface area (Å²) >= 11 is 0. The maximum Gasteiger partial charge on any atom is 0.311 e. The summed E-state index contributed by atoms with van der Waals surface area (Å²) in [5.74, 6) is 0.259. The molecule has 1 aliphatic heterocycles.